The lowest BCUT2D eigenvalue weighted by molar-refractivity contribution is -0.118. The number of ketones is 1. The number of nitrogens with one attached hydrogen (secondary N) is 1. The lowest BCUT2D eigenvalue weighted by Gasteiger charge is -2.17. The molecule has 2 aromatic carbocycles. The van der Waals surface area contributed by atoms with Gasteiger partial charge < -0.3 is 15.0 Å². The summed E-state index contributed by atoms with van der Waals surface area (Å²) in [5.41, 5.74) is 1.65. The van der Waals surface area contributed by atoms with Crippen LogP contribution in [0.5, 0.6) is 5.75 Å². The number of carbonyl (C=O) groups is 3. The number of hydrogen-bond acceptors (Lipinski definition) is 4. The van der Waals surface area contributed by atoms with Crippen LogP contribution in [0.25, 0.3) is 0 Å². The molecule has 1 fully saturated rings. The van der Waals surface area contributed by atoms with Crippen molar-refractivity contribution in [2.45, 2.75) is 19.8 Å². The lowest BCUT2D eigenvalue weighted by Crippen LogP contribution is -2.24. The van der Waals surface area contributed by atoms with Crippen molar-refractivity contribution < 1.29 is 19.1 Å². The number of halogens is 1. The van der Waals surface area contributed by atoms with Gasteiger partial charge in [-0.15, -0.1) is 0 Å². The van der Waals surface area contributed by atoms with E-state index in [0.29, 0.717) is 35.0 Å². The van der Waals surface area contributed by atoms with Crippen molar-refractivity contribution in [3.63, 3.8) is 0 Å². The van der Waals surface area contributed by atoms with Gasteiger partial charge in [0.2, 0.25) is 5.91 Å². The van der Waals surface area contributed by atoms with Gasteiger partial charge in [-0.3, -0.25) is 14.4 Å². The van der Waals surface area contributed by atoms with E-state index in [-0.39, 0.29) is 24.2 Å². The molecule has 0 atom stereocenters. The summed E-state index contributed by atoms with van der Waals surface area (Å²) in [5.74, 6) is -0.181. The van der Waals surface area contributed by atoms with Crippen molar-refractivity contribution >= 4 is 40.6 Å². The molecule has 1 heterocycles. The van der Waals surface area contributed by atoms with Gasteiger partial charge in [0, 0.05) is 29.4 Å². The highest BCUT2D eigenvalue weighted by Gasteiger charge is 2.21. The third kappa shape index (κ3) is 4.65. The molecule has 0 spiro atoms. The van der Waals surface area contributed by atoms with Gasteiger partial charge in [-0.25, -0.2) is 0 Å². The Kier molecular flexibility index (Phi) is 5.76. The predicted molar refractivity (Wildman–Crippen MR) is 104 cm³/mol. The van der Waals surface area contributed by atoms with Crippen molar-refractivity contribution in [3.8, 4) is 5.75 Å². The molecule has 0 saturated carbocycles. The van der Waals surface area contributed by atoms with Crippen molar-refractivity contribution in [2.75, 3.05) is 23.4 Å². The zero-order chi connectivity index (χ0) is 19.4. The summed E-state index contributed by atoms with van der Waals surface area (Å²) in [4.78, 5) is 37.4. The van der Waals surface area contributed by atoms with Crippen molar-refractivity contribution in [1.29, 1.82) is 0 Å². The zero-order valence-electron chi connectivity index (χ0n) is 14.8. The third-order valence-electron chi connectivity index (χ3n) is 4.19. The van der Waals surface area contributed by atoms with E-state index in [1.54, 1.807) is 35.2 Å². The first-order valence-electron chi connectivity index (χ1n) is 8.57. The van der Waals surface area contributed by atoms with Crippen molar-refractivity contribution in [2.24, 2.45) is 0 Å². The van der Waals surface area contributed by atoms with Crippen LogP contribution >= 0.6 is 11.6 Å². The molecule has 1 aliphatic heterocycles. The average molecular weight is 387 g/mol. The number of benzene rings is 2. The molecule has 0 aromatic heterocycles. The summed E-state index contributed by atoms with van der Waals surface area (Å²) >= 11 is 5.89. The molecule has 0 radical (unpaired) electrons. The topological polar surface area (TPSA) is 75.7 Å². The quantitative estimate of drug-likeness (QED) is 0.768. The van der Waals surface area contributed by atoms with Crippen LogP contribution in [-0.4, -0.2) is 30.7 Å². The van der Waals surface area contributed by atoms with Crippen LogP contribution < -0.4 is 15.0 Å². The van der Waals surface area contributed by atoms with E-state index in [2.05, 4.69) is 5.32 Å². The molecule has 3 rings (SSSR count). The number of carbonyl (C=O) groups excluding carboxylic acids is 3. The minimum absolute atomic E-state index is 0.0845. The molecule has 2 aromatic rings. The van der Waals surface area contributed by atoms with Gasteiger partial charge in [0.25, 0.3) is 5.91 Å². The number of rotatable bonds is 6. The summed E-state index contributed by atoms with van der Waals surface area (Å²) in [6, 6.07) is 11.8. The number of Topliss-reactive ketones (excluding diaryl/α,β-unsaturated/α-hetero) is 1. The second-order valence-electron chi connectivity index (χ2n) is 6.23. The molecule has 1 aliphatic rings. The monoisotopic (exact) mass is 386 g/mol. The van der Waals surface area contributed by atoms with Crippen LogP contribution in [0.4, 0.5) is 11.4 Å². The summed E-state index contributed by atoms with van der Waals surface area (Å²) < 4.78 is 5.48. The molecule has 27 heavy (non-hydrogen) atoms. The Hall–Kier alpha value is -2.86. The minimum Gasteiger partial charge on any atom is -0.483 e. The highest BCUT2D eigenvalue weighted by atomic mass is 35.5. The van der Waals surface area contributed by atoms with E-state index < -0.39 is 0 Å². The first-order chi connectivity index (χ1) is 12.9. The Morgan fingerprint density at radius 3 is 2.74 bits per heavy atom. The SMILES string of the molecule is CC(=O)c1cc(Cl)ccc1OCC(=O)Nc1cccc(N2CCCC2=O)c1. The molecule has 7 heteroatoms. The molecule has 2 amide bonds. The van der Waals surface area contributed by atoms with Gasteiger partial charge in [-0.1, -0.05) is 17.7 Å². The van der Waals surface area contributed by atoms with E-state index >= 15 is 0 Å². The first-order valence-corrected chi connectivity index (χ1v) is 8.95. The molecule has 0 bridgehead atoms. The van der Waals surface area contributed by atoms with Gasteiger partial charge in [-0.2, -0.15) is 0 Å². The first kappa shape index (κ1) is 18.9. The second-order valence-corrected chi connectivity index (χ2v) is 6.67. The van der Waals surface area contributed by atoms with Gasteiger partial charge in [0.1, 0.15) is 5.75 Å². The van der Waals surface area contributed by atoms with E-state index in [1.807, 2.05) is 6.07 Å². The molecule has 140 valence electrons. The standard InChI is InChI=1S/C20H19ClN2O4/c1-13(24)17-10-14(21)7-8-18(17)27-12-19(25)22-15-4-2-5-16(11-15)23-9-3-6-20(23)26/h2,4-5,7-8,10-11H,3,6,9,12H2,1H3,(H,22,25). The van der Waals surface area contributed by atoms with Crippen LogP contribution in [0.2, 0.25) is 5.02 Å². The van der Waals surface area contributed by atoms with E-state index in [9.17, 15) is 14.4 Å². The van der Waals surface area contributed by atoms with Gasteiger partial charge in [0.15, 0.2) is 12.4 Å². The molecular formula is C20H19ClN2O4. The number of hydrogen-bond donors (Lipinski definition) is 1. The third-order valence-corrected chi connectivity index (χ3v) is 4.43. The Bertz CT molecular complexity index is 897. The van der Waals surface area contributed by atoms with Crippen LogP contribution in [0.15, 0.2) is 42.5 Å². The van der Waals surface area contributed by atoms with Crippen LogP contribution in [0.1, 0.15) is 30.1 Å². The molecule has 1 saturated heterocycles. The number of anilines is 2. The van der Waals surface area contributed by atoms with Gasteiger partial charge in [0.05, 0.1) is 5.56 Å². The Labute approximate surface area is 162 Å². The predicted octanol–water partition coefficient (Wildman–Crippen LogP) is 3.69. The lowest BCUT2D eigenvalue weighted by atomic mass is 10.1. The highest BCUT2D eigenvalue weighted by molar-refractivity contribution is 6.31. The fourth-order valence-corrected chi connectivity index (χ4v) is 3.09. The molecular weight excluding hydrogens is 368 g/mol. The fraction of sp³-hybridized carbons (Fsp3) is 0.250. The normalized spacial score (nSPS) is 13.6. The van der Waals surface area contributed by atoms with Gasteiger partial charge >= 0.3 is 0 Å². The van der Waals surface area contributed by atoms with E-state index in [4.69, 9.17) is 16.3 Å². The fourth-order valence-electron chi connectivity index (χ4n) is 2.92. The zero-order valence-corrected chi connectivity index (χ0v) is 15.6. The summed E-state index contributed by atoms with van der Waals surface area (Å²) in [6.45, 7) is 1.84. The highest BCUT2D eigenvalue weighted by Crippen LogP contribution is 2.25. The maximum Gasteiger partial charge on any atom is 0.262 e. The van der Waals surface area contributed by atoms with E-state index in [0.717, 1.165) is 12.1 Å². The Morgan fingerprint density at radius 1 is 1.22 bits per heavy atom. The summed E-state index contributed by atoms with van der Waals surface area (Å²) in [7, 11) is 0. The second kappa shape index (κ2) is 8.22. The smallest absolute Gasteiger partial charge is 0.262 e. The van der Waals surface area contributed by atoms with Crippen LogP contribution in [0.3, 0.4) is 0 Å². The number of amides is 2. The maximum atomic E-state index is 12.2. The molecule has 0 unspecified atom stereocenters. The van der Waals surface area contributed by atoms with Gasteiger partial charge in [-0.05, 0) is 49.7 Å². The molecule has 0 aliphatic carbocycles. The van der Waals surface area contributed by atoms with Crippen molar-refractivity contribution in [3.05, 3.63) is 53.1 Å². The summed E-state index contributed by atoms with van der Waals surface area (Å²) in [5, 5.41) is 3.16. The molecule has 1 N–H and O–H groups in total. The average Bonchev–Trinajstić information content (AvgIpc) is 3.06. The Morgan fingerprint density at radius 2 is 2.04 bits per heavy atom. The number of nitrogens with zero attached hydrogens (tertiary/aromatic N) is 1. The summed E-state index contributed by atoms with van der Waals surface area (Å²) in [6.07, 6.45) is 1.38. The largest absolute Gasteiger partial charge is 0.483 e. The maximum absolute atomic E-state index is 12.2. The van der Waals surface area contributed by atoms with E-state index in [1.165, 1.54) is 13.0 Å². The minimum atomic E-state index is -0.371. The molecule has 6 nitrogen and oxygen atoms in total. The Balaban J connectivity index is 1.63. The van der Waals surface area contributed by atoms with Crippen molar-refractivity contribution in [1.82, 2.24) is 0 Å². The van der Waals surface area contributed by atoms with Crippen LogP contribution in [-0.2, 0) is 9.59 Å². The number of ether oxygens (including phenoxy) is 1. The van der Waals surface area contributed by atoms with Crippen LogP contribution in [0, 0.1) is 0 Å².